The van der Waals surface area contributed by atoms with Gasteiger partial charge in [-0.2, -0.15) is 8.78 Å². The first kappa shape index (κ1) is 20.2. The van der Waals surface area contributed by atoms with Gasteiger partial charge >= 0.3 is 5.97 Å². The highest BCUT2D eigenvalue weighted by Gasteiger charge is 2.28. The van der Waals surface area contributed by atoms with E-state index in [1.165, 1.54) is 18.2 Å². The number of rotatable bonds is 4. The second-order valence-electron chi connectivity index (χ2n) is 5.57. The summed E-state index contributed by atoms with van der Waals surface area (Å²) in [6.45, 7) is 0.674. The molecule has 2 aromatic carbocycles. The number of esters is 1. The standard InChI is InChI=1S/C17H11F4IO4S/c18-11-13(20)16(27)14(21)12(19)15(11)26-10-2-1-7(22)5-9(10)17(23)25-8-3-4-24-6-8/h1-2,5,8,27H,3-4,6H2. The fourth-order valence-corrected chi connectivity index (χ4v) is 3.06. The summed E-state index contributed by atoms with van der Waals surface area (Å²) in [5, 5.41) is 0. The van der Waals surface area contributed by atoms with Gasteiger partial charge in [0.2, 0.25) is 17.4 Å². The number of carbonyl (C=O) groups excluding carboxylic acids is 1. The maximum absolute atomic E-state index is 14.0. The predicted octanol–water partition coefficient (Wildman–Crippen LogP) is 4.87. The Kier molecular flexibility index (Phi) is 6.16. The third kappa shape index (κ3) is 4.16. The molecule has 0 spiro atoms. The molecule has 1 aliphatic heterocycles. The highest BCUT2D eigenvalue weighted by molar-refractivity contribution is 14.1. The number of hydrogen-bond donors (Lipinski definition) is 1. The van der Waals surface area contributed by atoms with Crippen LogP contribution in [-0.4, -0.2) is 25.3 Å². The van der Waals surface area contributed by atoms with Gasteiger partial charge in [-0.05, 0) is 40.8 Å². The van der Waals surface area contributed by atoms with E-state index in [0.29, 0.717) is 16.6 Å². The minimum atomic E-state index is -1.76. The van der Waals surface area contributed by atoms with E-state index in [1.54, 1.807) is 0 Å². The molecule has 4 nitrogen and oxygen atoms in total. The molecule has 10 heteroatoms. The van der Waals surface area contributed by atoms with E-state index in [-0.39, 0.29) is 17.9 Å². The zero-order valence-electron chi connectivity index (χ0n) is 13.4. The minimum absolute atomic E-state index is 0.150. The van der Waals surface area contributed by atoms with Crippen molar-refractivity contribution in [3.8, 4) is 11.5 Å². The van der Waals surface area contributed by atoms with Gasteiger partial charge in [0.1, 0.15) is 17.4 Å². The van der Waals surface area contributed by atoms with Crippen LogP contribution in [0.25, 0.3) is 0 Å². The van der Waals surface area contributed by atoms with Crippen molar-refractivity contribution < 1.29 is 36.6 Å². The average Bonchev–Trinajstić information content (AvgIpc) is 3.16. The Balaban J connectivity index is 1.97. The van der Waals surface area contributed by atoms with Crippen molar-refractivity contribution in [3.63, 3.8) is 0 Å². The Hall–Kier alpha value is -1.53. The molecule has 0 saturated carbocycles. The molecule has 27 heavy (non-hydrogen) atoms. The lowest BCUT2D eigenvalue weighted by atomic mass is 10.2. The van der Waals surface area contributed by atoms with Gasteiger partial charge in [0.25, 0.3) is 0 Å². The van der Waals surface area contributed by atoms with Crippen LogP contribution in [0.5, 0.6) is 11.5 Å². The van der Waals surface area contributed by atoms with Crippen molar-refractivity contribution >= 4 is 41.2 Å². The molecular formula is C17H11F4IO4S. The van der Waals surface area contributed by atoms with Gasteiger partial charge in [0, 0.05) is 9.99 Å². The van der Waals surface area contributed by atoms with E-state index in [1.807, 2.05) is 22.6 Å². The molecule has 0 bridgehead atoms. The van der Waals surface area contributed by atoms with E-state index in [2.05, 4.69) is 12.6 Å². The lowest BCUT2D eigenvalue weighted by Crippen LogP contribution is -2.18. The van der Waals surface area contributed by atoms with Crippen LogP contribution in [-0.2, 0) is 9.47 Å². The molecule has 1 atom stereocenters. The fraction of sp³-hybridized carbons (Fsp3) is 0.235. The lowest BCUT2D eigenvalue weighted by Gasteiger charge is -2.15. The minimum Gasteiger partial charge on any atom is -0.456 e. The van der Waals surface area contributed by atoms with E-state index in [0.717, 1.165) is 0 Å². The predicted molar refractivity (Wildman–Crippen MR) is 97.4 cm³/mol. The Morgan fingerprint density at radius 3 is 2.41 bits per heavy atom. The van der Waals surface area contributed by atoms with Crippen molar-refractivity contribution in [2.24, 2.45) is 0 Å². The molecule has 3 rings (SSSR count). The van der Waals surface area contributed by atoms with Crippen LogP contribution in [0, 0.1) is 26.8 Å². The van der Waals surface area contributed by atoms with Crippen LogP contribution in [0.2, 0.25) is 0 Å². The highest BCUT2D eigenvalue weighted by atomic mass is 127. The van der Waals surface area contributed by atoms with Crippen LogP contribution >= 0.6 is 35.2 Å². The van der Waals surface area contributed by atoms with Gasteiger partial charge in [-0.3, -0.25) is 0 Å². The van der Waals surface area contributed by atoms with Crippen molar-refractivity contribution in [3.05, 3.63) is 50.6 Å². The number of benzene rings is 2. The quantitative estimate of drug-likeness (QED) is 0.208. The molecule has 0 amide bonds. The van der Waals surface area contributed by atoms with Gasteiger partial charge in [-0.15, -0.1) is 12.6 Å². The topological polar surface area (TPSA) is 44.8 Å². The number of carbonyl (C=O) groups is 1. The number of thiol groups is 1. The van der Waals surface area contributed by atoms with Gasteiger partial charge in [-0.1, -0.05) is 0 Å². The molecule has 0 radical (unpaired) electrons. The maximum Gasteiger partial charge on any atom is 0.342 e. The van der Waals surface area contributed by atoms with Crippen LogP contribution in [0.4, 0.5) is 17.6 Å². The fourth-order valence-electron chi connectivity index (χ4n) is 2.37. The highest BCUT2D eigenvalue weighted by Crippen LogP contribution is 2.36. The Bertz CT molecular complexity index is 874. The zero-order valence-corrected chi connectivity index (χ0v) is 16.5. The number of ether oxygens (including phenoxy) is 3. The van der Waals surface area contributed by atoms with Crippen molar-refractivity contribution in [1.29, 1.82) is 0 Å². The molecule has 0 N–H and O–H groups in total. The Morgan fingerprint density at radius 1 is 1.15 bits per heavy atom. The molecule has 1 unspecified atom stereocenters. The molecule has 1 fully saturated rings. The van der Waals surface area contributed by atoms with E-state index >= 15 is 0 Å². The van der Waals surface area contributed by atoms with Gasteiger partial charge in [0.05, 0.1) is 18.1 Å². The summed E-state index contributed by atoms with van der Waals surface area (Å²) in [5.74, 6) is -9.38. The Labute approximate surface area is 170 Å². The van der Waals surface area contributed by atoms with Crippen LogP contribution in [0.3, 0.4) is 0 Å². The molecule has 144 valence electrons. The summed E-state index contributed by atoms with van der Waals surface area (Å²) in [4.78, 5) is 11.3. The molecule has 2 aromatic rings. The number of hydrogen-bond acceptors (Lipinski definition) is 5. The first-order valence-corrected chi connectivity index (χ1v) is 9.13. The third-order valence-corrected chi connectivity index (χ3v) is 4.80. The average molecular weight is 514 g/mol. The SMILES string of the molecule is O=C(OC1CCOC1)c1cc(I)ccc1Oc1c(F)c(F)c(S)c(F)c1F. The maximum atomic E-state index is 14.0. The van der Waals surface area contributed by atoms with E-state index in [9.17, 15) is 22.4 Å². The summed E-state index contributed by atoms with van der Waals surface area (Å²) in [7, 11) is 0. The van der Waals surface area contributed by atoms with E-state index < -0.39 is 46.0 Å². The monoisotopic (exact) mass is 514 g/mol. The van der Waals surface area contributed by atoms with Crippen molar-refractivity contribution in [2.75, 3.05) is 13.2 Å². The van der Waals surface area contributed by atoms with Gasteiger partial charge < -0.3 is 14.2 Å². The largest absolute Gasteiger partial charge is 0.456 e. The third-order valence-electron chi connectivity index (χ3n) is 3.74. The molecule has 0 aliphatic carbocycles. The van der Waals surface area contributed by atoms with Crippen molar-refractivity contribution in [2.45, 2.75) is 17.4 Å². The smallest absolute Gasteiger partial charge is 0.342 e. The van der Waals surface area contributed by atoms with Gasteiger partial charge in [0.15, 0.2) is 11.6 Å². The normalized spacial score (nSPS) is 16.4. The van der Waals surface area contributed by atoms with Crippen LogP contribution in [0.1, 0.15) is 16.8 Å². The molecule has 1 aliphatic rings. The first-order valence-electron chi connectivity index (χ1n) is 7.60. The number of halogens is 5. The molecule has 1 saturated heterocycles. The summed E-state index contributed by atoms with van der Waals surface area (Å²) in [6, 6.07) is 4.09. The molecule has 1 heterocycles. The Morgan fingerprint density at radius 2 is 1.81 bits per heavy atom. The zero-order chi connectivity index (χ0) is 19.7. The molecular weight excluding hydrogens is 503 g/mol. The molecule has 0 aromatic heterocycles. The first-order chi connectivity index (χ1) is 12.8. The van der Waals surface area contributed by atoms with Crippen LogP contribution in [0.15, 0.2) is 23.1 Å². The second-order valence-corrected chi connectivity index (χ2v) is 7.26. The van der Waals surface area contributed by atoms with Crippen molar-refractivity contribution in [1.82, 2.24) is 0 Å². The van der Waals surface area contributed by atoms with E-state index in [4.69, 9.17) is 14.2 Å². The second kappa shape index (κ2) is 8.23. The van der Waals surface area contributed by atoms with Gasteiger partial charge in [-0.25, -0.2) is 13.6 Å². The summed E-state index contributed by atoms with van der Waals surface area (Å²) >= 11 is 5.30. The van der Waals surface area contributed by atoms with Crippen LogP contribution < -0.4 is 4.74 Å². The summed E-state index contributed by atoms with van der Waals surface area (Å²) in [6.07, 6.45) is 0.0459. The lowest BCUT2D eigenvalue weighted by molar-refractivity contribution is 0.0268. The summed E-state index contributed by atoms with van der Waals surface area (Å²) < 4.78 is 71.5. The summed E-state index contributed by atoms with van der Waals surface area (Å²) in [5.41, 5.74) is -0.150.